The third-order valence-corrected chi connectivity index (χ3v) is 3.51. The van der Waals surface area contributed by atoms with Crippen molar-refractivity contribution in [3.63, 3.8) is 0 Å². The zero-order chi connectivity index (χ0) is 13.5. The number of ether oxygens (including phenoxy) is 1. The maximum atomic E-state index is 12.9. The highest BCUT2D eigenvalue weighted by Crippen LogP contribution is 2.24. The smallest absolute Gasteiger partial charge is 0.333 e. The summed E-state index contributed by atoms with van der Waals surface area (Å²) >= 11 is 7.16. The second kappa shape index (κ2) is 7.44. The fourth-order valence-corrected chi connectivity index (χ4v) is 2.40. The number of benzene rings is 1. The highest BCUT2D eigenvalue weighted by atomic mass is 35.5. The van der Waals surface area contributed by atoms with Gasteiger partial charge in [-0.25, -0.2) is 9.18 Å². The summed E-state index contributed by atoms with van der Waals surface area (Å²) in [6.07, 6.45) is 2.44. The van der Waals surface area contributed by atoms with Gasteiger partial charge in [-0.15, -0.1) is 11.8 Å². The van der Waals surface area contributed by atoms with Crippen LogP contribution in [0.5, 0.6) is 0 Å². The van der Waals surface area contributed by atoms with Gasteiger partial charge in [-0.2, -0.15) is 0 Å². The largest absolute Gasteiger partial charge is 0.466 e. The van der Waals surface area contributed by atoms with Crippen LogP contribution >= 0.6 is 23.4 Å². The Morgan fingerprint density at radius 3 is 2.83 bits per heavy atom. The van der Waals surface area contributed by atoms with E-state index >= 15 is 0 Å². The molecule has 5 heteroatoms. The molecular weight excluding hydrogens is 275 g/mol. The van der Waals surface area contributed by atoms with Gasteiger partial charge in [0.15, 0.2) is 0 Å². The highest BCUT2D eigenvalue weighted by molar-refractivity contribution is 7.99. The molecule has 0 saturated carbocycles. The molecule has 2 nitrogen and oxygen atoms in total. The lowest BCUT2D eigenvalue weighted by molar-refractivity contribution is -0.136. The molecule has 0 spiro atoms. The highest BCUT2D eigenvalue weighted by Gasteiger charge is 2.06. The number of hydrogen-bond donors (Lipinski definition) is 0. The minimum absolute atomic E-state index is 0.104. The molecule has 18 heavy (non-hydrogen) atoms. The van der Waals surface area contributed by atoms with Crippen molar-refractivity contribution in [2.24, 2.45) is 0 Å². The summed E-state index contributed by atoms with van der Waals surface area (Å²) in [6, 6.07) is 4.55. The van der Waals surface area contributed by atoms with Gasteiger partial charge in [0.1, 0.15) is 5.82 Å². The van der Waals surface area contributed by atoms with E-state index in [2.05, 4.69) is 4.74 Å². The van der Waals surface area contributed by atoms with Gasteiger partial charge in [-0.05, 0) is 24.6 Å². The minimum Gasteiger partial charge on any atom is -0.466 e. The van der Waals surface area contributed by atoms with Gasteiger partial charge in [0.2, 0.25) is 0 Å². The van der Waals surface area contributed by atoms with Crippen molar-refractivity contribution in [2.75, 3.05) is 12.9 Å². The maximum absolute atomic E-state index is 12.9. The Balaban J connectivity index is 2.62. The van der Waals surface area contributed by atoms with Gasteiger partial charge in [0.05, 0.1) is 12.1 Å². The Hall–Kier alpha value is -1.00. The topological polar surface area (TPSA) is 26.3 Å². The first-order valence-electron chi connectivity index (χ1n) is 5.43. The molecule has 0 amide bonds. The number of hydrogen-bond acceptors (Lipinski definition) is 3. The van der Waals surface area contributed by atoms with Crippen LogP contribution in [0.3, 0.4) is 0 Å². The number of halogens is 2. The third-order valence-electron chi connectivity index (χ3n) is 2.30. The number of rotatable bonds is 5. The average Bonchev–Trinajstić information content (AvgIpc) is 2.38. The van der Waals surface area contributed by atoms with Crippen LogP contribution in [0.2, 0.25) is 5.02 Å². The van der Waals surface area contributed by atoms with Crippen molar-refractivity contribution < 1.29 is 13.9 Å². The Bertz CT molecular complexity index is 460. The second-order valence-corrected chi connectivity index (χ2v) is 4.96. The molecule has 0 bridgehead atoms. The molecule has 0 radical (unpaired) electrons. The number of carbonyl (C=O) groups excluding carboxylic acids is 1. The van der Waals surface area contributed by atoms with Gasteiger partial charge in [0.25, 0.3) is 0 Å². The Morgan fingerprint density at radius 1 is 1.56 bits per heavy atom. The normalized spacial score (nSPS) is 11.4. The van der Waals surface area contributed by atoms with E-state index in [0.29, 0.717) is 17.7 Å². The first-order chi connectivity index (χ1) is 8.58. The van der Waals surface area contributed by atoms with E-state index in [4.69, 9.17) is 11.6 Å². The molecule has 0 aliphatic heterocycles. The van der Waals surface area contributed by atoms with Crippen LogP contribution in [0.4, 0.5) is 4.39 Å². The van der Waals surface area contributed by atoms with Crippen molar-refractivity contribution >= 4 is 29.3 Å². The molecule has 0 saturated heterocycles. The first-order valence-corrected chi connectivity index (χ1v) is 6.80. The molecule has 0 aliphatic carbocycles. The second-order valence-electron chi connectivity index (χ2n) is 3.46. The average molecular weight is 289 g/mol. The molecule has 0 atom stereocenters. The zero-order valence-electron chi connectivity index (χ0n) is 10.2. The summed E-state index contributed by atoms with van der Waals surface area (Å²) in [4.78, 5) is 12.2. The molecule has 98 valence electrons. The number of methoxy groups -OCH3 is 1. The van der Waals surface area contributed by atoms with Gasteiger partial charge in [0, 0.05) is 16.2 Å². The van der Waals surface area contributed by atoms with Crippen LogP contribution in [-0.2, 0) is 9.53 Å². The van der Waals surface area contributed by atoms with Crippen LogP contribution in [-0.4, -0.2) is 18.8 Å². The monoisotopic (exact) mass is 288 g/mol. The molecule has 0 aliphatic rings. The molecule has 1 aromatic carbocycles. The van der Waals surface area contributed by atoms with Gasteiger partial charge < -0.3 is 4.74 Å². The van der Waals surface area contributed by atoms with Gasteiger partial charge >= 0.3 is 5.97 Å². The van der Waals surface area contributed by atoms with E-state index in [1.54, 1.807) is 12.1 Å². The van der Waals surface area contributed by atoms with Crippen LogP contribution < -0.4 is 0 Å². The lowest BCUT2D eigenvalue weighted by Crippen LogP contribution is -2.04. The lowest BCUT2D eigenvalue weighted by atomic mass is 10.2. The van der Waals surface area contributed by atoms with E-state index in [9.17, 15) is 9.18 Å². The van der Waals surface area contributed by atoms with Crippen molar-refractivity contribution in [1.29, 1.82) is 0 Å². The van der Waals surface area contributed by atoms with E-state index in [0.717, 1.165) is 4.90 Å². The van der Waals surface area contributed by atoms with Crippen molar-refractivity contribution in [1.82, 2.24) is 0 Å². The molecule has 1 aromatic rings. The summed E-state index contributed by atoms with van der Waals surface area (Å²) < 4.78 is 17.6. The molecule has 0 fully saturated rings. The van der Waals surface area contributed by atoms with Crippen molar-refractivity contribution in [3.8, 4) is 0 Å². The Labute approximate surface area is 115 Å². The first kappa shape index (κ1) is 15.1. The SMILES string of the molecule is CCC(=CCSc1ccc(F)c(Cl)c1)C(=O)OC. The van der Waals surface area contributed by atoms with Crippen LogP contribution in [0, 0.1) is 5.82 Å². The summed E-state index contributed by atoms with van der Waals surface area (Å²) in [5, 5.41) is 0.104. The fraction of sp³-hybridized carbons (Fsp3) is 0.308. The van der Waals surface area contributed by atoms with Crippen LogP contribution in [0.25, 0.3) is 0 Å². The summed E-state index contributed by atoms with van der Waals surface area (Å²) in [7, 11) is 1.36. The Morgan fingerprint density at radius 2 is 2.28 bits per heavy atom. The number of thioether (sulfide) groups is 1. The van der Waals surface area contributed by atoms with Gasteiger partial charge in [-0.1, -0.05) is 24.6 Å². The minimum atomic E-state index is -0.430. The summed E-state index contributed by atoms with van der Waals surface area (Å²) in [6.45, 7) is 1.89. The van der Waals surface area contributed by atoms with Gasteiger partial charge in [-0.3, -0.25) is 0 Å². The van der Waals surface area contributed by atoms with E-state index < -0.39 is 5.82 Å². The third kappa shape index (κ3) is 4.35. The summed E-state index contributed by atoms with van der Waals surface area (Å²) in [5.74, 6) is -0.129. The van der Waals surface area contributed by atoms with E-state index in [1.165, 1.54) is 24.9 Å². The van der Waals surface area contributed by atoms with E-state index in [1.807, 2.05) is 13.0 Å². The molecule has 0 unspecified atom stereocenters. The van der Waals surface area contributed by atoms with E-state index in [-0.39, 0.29) is 11.0 Å². The molecule has 0 N–H and O–H groups in total. The standard InChI is InChI=1S/C13H14ClFO2S/c1-3-9(13(16)17-2)6-7-18-10-4-5-12(15)11(14)8-10/h4-6,8H,3,7H2,1-2H3. The van der Waals surface area contributed by atoms with Crippen LogP contribution in [0.1, 0.15) is 13.3 Å². The van der Waals surface area contributed by atoms with Crippen LogP contribution in [0.15, 0.2) is 34.7 Å². The number of carbonyl (C=O) groups is 1. The number of esters is 1. The molecule has 0 heterocycles. The van der Waals surface area contributed by atoms with Crippen molar-refractivity contribution in [3.05, 3.63) is 40.7 Å². The zero-order valence-corrected chi connectivity index (χ0v) is 11.8. The molecule has 1 rings (SSSR count). The maximum Gasteiger partial charge on any atom is 0.333 e. The van der Waals surface area contributed by atoms with Crippen molar-refractivity contribution in [2.45, 2.75) is 18.2 Å². The predicted octanol–water partition coefficient (Wildman–Crippen LogP) is 4.08. The molecular formula is C13H14ClFO2S. The molecule has 0 aromatic heterocycles. The fourth-order valence-electron chi connectivity index (χ4n) is 1.31. The Kier molecular flexibility index (Phi) is 6.22. The predicted molar refractivity (Wildman–Crippen MR) is 72.5 cm³/mol. The quantitative estimate of drug-likeness (QED) is 0.464. The lowest BCUT2D eigenvalue weighted by Gasteiger charge is -2.03. The summed E-state index contributed by atoms with van der Waals surface area (Å²) in [5.41, 5.74) is 0.637.